The third kappa shape index (κ3) is 4.50. The Morgan fingerprint density at radius 1 is 1.33 bits per heavy atom. The third-order valence-corrected chi connectivity index (χ3v) is 4.49. The van der Waals surface area contributed by atoms with Gasteiger partial charge in [-0.05, 0) is 39.3 Å². The Balaban J connectivity index is 2.27. The van der Waals surface area contributed by atoms with Crippen LogP contribution in [0.15, 0.2) is 0 Å². The van der Waals surface area contributed by atoms with E-state index in [-0.39, 0.29) is 0 Å². The van der Waals surface area contributed by atoms with Crippen molar-refractivity contribution in [2.45, 2.75) is 51.2 Å². The number of nitrogens with two attached hydrogens (primary N) is 1. The smallest absolute Gasteiger partial charge is 0.0767 e. The van der Waals surface area contributed by atoms with E-state index >= 15 is 0 Å². The topological polar surface area (TPSA) is 52.7 Å². The molecular weight excluding hydrogens is 226 g/mol. The molecular formula is C14H31N3O. The summed E-state index contributed by atoms with van der Waals surface area (Å²) in [5.41, 5.74) is 4.99. The van der Waals surface area contributed by atoms with Crippen molar-refractivity contribution >= 4 is 0 Å². The molecule has 0 aliphatic carbocycles. The fourth-order valence-corrected chi connectivity index (χ4v) is 2.71. The van der Waals surface area contributed by atoms with Gasteiger partial charge in [-0.2, -0.15) is 0 Å². The number of hydrogen-bond donors (Lipinski definition) is 2. The third-order valence-electron chi connectivity index (χ3n) is 4.49. The van der Waals surface area contributed by atoms with E-state index in [1.165, 1.54) is 13.0 Å². The molecule has 1 fully saturated rings. The summed E-state index contributed by atoms with van der Waals surface area (Å²) in [7, 11) is 2.22. The number of aliphatic hydroxyl groups is 1. The fourth-order valence-electron chi connectivity index (χ4n) is 2.71. The summed E-state index contributed by atoms with van der Waals surface area (Å²) in [5.74, 6) is 0. The van der Waals surface area contributed by atoms with E-state index in [9.17, 15) is 5.11 Å². The Morgan fingerprint density at radius 3 is 2.61 bits per heavy atom. The van der Waals surface area contributed by atoms with Crippen LogP contribution >= 0.6 is 0 Å². The minimum absolute atomic E-state index is 0.379. The summed E-state index contributed by atoms with van der Waals surface area (Å²) in [4.78, 5) is 4.99. The maximum atomic E-state index is 10.1. The first-order valence-corrected chi connectivity index (χ1v) is 7.39. The van der Waals surface area contributed by atoms with Crippen LogP contribution in [0.25, 0.3) is 0 Å². The van der Waals surface area contributed by atoms with E-state index in [4.69, 9.17) is 5.73 Å². The van der Waals surface area contributed by atoms with Crippen LogP contribution in [0.4, 0.5) is 0 Å². The van der Waals surface area contributed by atoms with Crippen LogP contribution in [-0.4, -0.2) is 66.3 Å². The highest BCUT2D eigenvalue weighted by Gasteiger charge is 2.25. The number of likely N-dealkylation sites (N-methyl/N-ethyl adjacent to an activating group) is 1. The molecule has 0 saturated carbocycles. The van der Waals surface area contributed by atoms with Crippen LogP contribution in [0, 0.1) is 0 Å². The lowest BCUT2D eigenvalue weighted by molar-refractivity contribution is 0.0274. The first kappa shape index (κ1) is 15.9. The molecule has 0 radical (unpaired) electrons. The lowest BCUT2D eigenvalue weighted by Gasteiger charge is -2.39. The molecule has 108 valence electrons. The van der Waals surface area contributed by atoms with Gasteiger partial charge in [-0.1, -0.05) is 13.8 Å². The van der Waals surface area contributed by atoms with Gasteiger partial charge < -0.3 is 20.6 Å². The summed E-state index contributed by atoms with van der Waals surface area (Å²) < 4.78 is 0. The fraction of sp³-hybridized carbons (Fsp3) is 1.00. The monoisotopic (exact) mass is 257 g/mol. The number of rotatable bonds is 7. The number of piperazine rings is 1. The first-order chi connectivity index (χ1) is 8.54. The van der Waals surface area contributed by atoms with Crippen LogP contribution in [0.1, 0.15) is 39.5 Å². The van der Waals surface area contributed by atoms with Crippen molar-refractivity contribution in [3.05, 3.63) is 0 Å². The Hall–Kier alpha value is -0.160. The number of hydrogen-bond acceptors (Lipinski definition) is 4. The molecule has 1 saturated heterocycles. The molecule has 0 bridgehead atoms. The van der Waals surface area contributed by atoms with Crippen molar-refractivity contribution < 1.29 is 5.11 Å². The van der Waals surface area contributed by atoms with Gasteiger partial charge in [0.15, 0.2) is 0 Å². The van der Waals surface area contributed by atoms with E-state index in [1.807, 2.05) is 6.92 Å². The van der Waals surface area contributed by atoms with Crippen molar-refractivity contribution in [2.75, 3.05) is 39.8 Å². The molecule has 1 aliphatic rings. The highest BCUT2D eigenvalue weighted by Crippen LogP contribution is 2.17. The second-order valence-corrected chi connectivity index (χ2v) is 5.73. The van der Waals surface area contributed by atoms with E-state index in [0.29, 0.717) is 12.6 Å². The highest BCUT2D eigenvalue weighted by molar-refractivity contribution is 4.81. The predicted molar refractivity (Wildman–Crippen MR) is 76.7 cm³/mol. The second kappa shape index (κ2) is 7.43. The van der Waals surface area contributed by atoms with E-state index in [2.05, 4.69) is 23.8 Å². The van der Waals surface area contributed by atoms with Crippen molar-refractivity contribution in [1.82, 2.24) is 9.80 Å². The molecule has 0 aromatic heterocycles. The van der Waals surface area contributed by atoms with Crippen LogP contribution in [0.5, 0.6) is 0 Å². The van der Waals surface area contributed by atoms with Gasteiger partial charge in [-0.3, -0.25) is 0 Å². The standard InChI is InChI=1S/C14H31N3O/c1-4-13-11-17(10-9-16(13)3)8-6-7-14(18,5-2)12-15/h13,18H,4-12,15H2,1-3H3. The zero-order chi connectivity index (χ0) is 13.6. The van der Waals surface area contributed by atoms with Crippen molar-refractivity contribution in [1.29, 1.82) is 0 Å². The maximum Gasteiger partial charge on any atom is 0.0767 e. The lowest BCUT2D eigenvalue weighted by atomic mass is 9.94. The molecule has 0 aromatic rings. The SMILES string of the molecule is CCC1CN(CCCC(O)(CC)CN)CCN1C. The Morgan fingerprint density at radius 2 is 2.06 bits per heavy atom. The molecule has 1 heterocycles. The summed E-state index contributed by atoms with van der Waals surface area (Å²) in [5, 5.41) is 10.1. The molecule has 1 aliphatic heterocycles. The molecule has 0 aromatic carbocycles. The van der Waals surface area contributed by atoms with Crippen molar-refractivity contribution in [3.63, 3.8) is 0 Å². The molecule has 4 nitrogen and oxygen atoms in total. The Kier molecular flexibility index (Phi) is 6.57. The normalized spacial score (nSPS) is 26.2. The zero-order valence-electron chi connectivity index (χ0n) is 12.4. The van der Waals surface area contributed by atoms with Crippen LogP contribution in [0.2, 0.25) is 0 Å². The lowest BCUT2D eigenvalue weighted by Crippen LogP contribution is -2.51. The molecule has 2 atom stereocenters. The van der Waals surface area contributed by atoms with Crippen LogP contribution in [-0.2, 0) is 0 Å². The molecule has 1 rings (SSSR count). The molecule has 0 amide bonds. The quantitative estimate of drug-likeness (QED) is 0.711. The van der Waals surface area contributed by atoms with Crippen molar-refractivity contribution in [2.24, 2.45) is 5.73 Å². The van der Waals surface area contributed by atoms with Gasteiger partial charge in [-0.15, -0.1) is 0 Å². The predicted octanol–water partition coefficient (Wildman–Crippen LogP) is 0.892. The average molecular weight is 257 g/mol. The first-order valence-electron chi connectivity index (χ1n) is 7.39. The van der Waals surface area contributed by atoms with Gasteiger partial charge in [0.2, 0.25) is 0 Å². The summed E-state index contributed by atoms with van der Waals surface area (Å²) in [6, 6.07) is 0.693. The van der Waals surface area contributed by atoms with Crippen molar-refractivity contribution in [3.8, 4) is 0 Å². The largest absolute Gasteiger partial charge is 0.389 e. The summed E-state index contributed by atoms with van der Waals surface area (Å²) >= 11 is 0. The molecule has 18 heavy (non-hydrogen) atoms. The zero-order valence-corrected chi connectivity index (χ0v) is 12.4. The summed E-state index contributed by atoms with van der Waals surface area (Å²) in [6.07, 6.45) is 3.84. The second-order valence-electron chi connectivity index (χ2n) is 5.73. The van der Waals surface area contributed by atoms with E-state index < -0.39 is 5.60 Å². The average Bonchev–Trinajstić information content (AvgIpc) is 2.40. The van der Waals surface area contributed by atoms with Gasteiger partial charge in [0.1, 0.15) is 0 Å². The molecule has 2 unspecified atom stereocenters. The summed E-state index contributed by atoms with van der Waals surface area (Å²) in [6.45, 7) is 9.22. The van der Waals surface area contributed by atoms with Gasteiger partial charge in [0.05, 0.1) is 5.60 Å². The molecule has 4 heteroatoms. The van der Waals surface area contributed by atoms with Gasteiger partial charge in [-0.25, -0.2) is 0 Å². The minimum Gasteiger partial charge on any atom is -0.389 e. The van der Waals surface area contributed by atoms with Gasteiger partial charge >= 0.3 is 0 Å². The minimum atomic E-state index is -0.642. The van der Waals surface area contributed by atoms with E-state index in [0.717, 1.165) is 38.9 Å². The maximum absolute atomic E-state index is 10.1. The van der Waals surface area contributed by atoms with Crippen LogP contribution in [0.3, 0.4) is 0 Å². The Labute approximate surface area is 112 Å². The number of nitrogens with zero attached hydrogens (tertiary/aromatic N) is 2. The highest BCUT2D eigenvalue weighted by atomic mass is 16.3. The molecule has 0 spiro atoms. The Bertz CT molecular complexity index is 231. The molecule has 3 N–H and O–H groups in total. The van der Waals surface area contributed by atoms with Gasteiger partial charge in [0, 0.05) is 32.2 Å². The van der Waals surface area contributed by atoms with E-state index in [1.54, 1.807) is 0 Å². The van der Waals surface area contributed by atoms with Gasteiger partial charge in [0.25, 0.3) is 0 Å². The van der Waals surface area contributed by atoms with Crippen LogP contribution < -0.4 is 5.73 Å².